The fourth-order valence-corrected chi connectivity index (χ4v) is 1.52. The summed E-state index contributed by atoms with van der Waals surface area (Å²) < 4.78 is 0. The highest BCUT2D eigenvalue weighted by atomic mass is 16.2. The summed E-state index contributed by atoms with van der Waals surface area (Å²) in [5.41, 5.74) is 0. The largest absolute Gasteiger partial charge is 0.356 e. The van der Waals surface area contributed by atoms with Crippen LogP contribution in [0, 0.1) is 0 Å². The van der Waals surface area contributed by atoms with Gasteiger partial charge in [-0.25, -0.2) is 4.79 Å². The van der Waals surface area contributed by atoms with E-state index in [-0.39, 0.29) is 12.1 Å². The first-order valence-corrected chi connectivity index (χ1v) is 6.23. The molecular weight excluding hydrogens is 230 g/mol. The molecule has 0 aliphatic heterocycles. The maximum absolute atomic E-state index is 11.5. The summed E-state index contributed by atoms with van der Waals surface area (Å²) in [5.74, 6) is 1.26. The van der Waals surface area contributed by atoms with Crippen LogP contribution in [0.25, 0.3) is 0 Å². The van der Waals surface area contributed by atoms with E-state index in [9.17, 15) is 4.79 Å². The van der Waals surface area contributed by atoms with Gasteiger partial charge in [0.2, 0.25) is 0 Å². The van der Waals surface area contributed by atoms with Gasteiger partial charge in [-0.15, -0.1) is 10.2 Å². The van der Waals surface area contributed by atoms with Crippen molar-refractivity contribution in [3.63, 3.8) is 0 Å². The first kappa shape index (κ1) is 14.2. The van der Waals surface area contributed by atoms with Crippen LogP contribution in [0.15, 0.2) is 12.1 Å². The number of aromatic nitrogens is 2. The second-order valence-electron chi connectivity index (χ2n) is 4.20. The Morgan fingerprint density at radius 1 is 1.28 bits per heavy atom. The zero-order valence-electron chi connectivity index (χ0n) is 11.4. The summed E-state index contributed by atoms with van der Waals surface area (Å²) in [5, 5.41) is 13.4. The Morgan fingerprint density at radius 2 is 1.94 bits per heavy atom. The molecule has 0 unspecified atom stereocenters. The summed E-state index contributed by atoms with van der Waals surface area (Å²) in [6, 6.07) is 3.42. The highest BCUT2D eigenvalue weighted by molar-refractivity contribution is 5.88. The van der Waals surface area contributed by atoms with E-state index in [1.54, 1.807) is 6.07 Å². The molecule has 0 atom stereocenters. The minimum Gasteiger partial charge on any atom is -0.356 e. The lowest BCUT2D eigenvalue weighted by atomic mass is 10.4. The van der Waals surface area contributed by atoms with Crippen LogP contribution in [-0.4, -0.2) is 35.4 Å². The Kier molecular flexibility index (Phi) is 5.35. The van der Waals surface area contributed by atoms with E-state index in [0.717, 1.165) is 18.9 Å². The maximum Gasteiger partial charge on any atom is 0.320 e. The van der Waals surface area contributed by atoms with Gasteiger partial charge < -0.3 is 10.2 Å². The molecule has 0 saturated carbocycles. The molecule has 0 aliphatic carbocycles. The molecule has 1 heterocycles. The number of rotatable bonds is 5. The van der Waals surface area contributed by atoms with Crippen molar-refractivity contribution < 1.29 is 4.79 Å². The molecule has 0 saturated heterocycles. The smallest absolute Gasteiger partial charge is 0.320 e. The SMILES string of the molecule is CCN(CC)c1ccc(NC(=O)NC(C)C)nn1. The fourth-order valence-electron chi connectivity index (χ4n) is 1.52. The lowest BCUT2D eigenvalue weighted by Gasteiger charge is -2.18. The molecule has 0 spiro atoms. The number of hydrogen-bond acceptors (Lipinski definition) is 4. The van der Waals surface area contributed by atoms with Crippen molar-refractivity contribution in [2.24, 2.45) is 0 Å². The third-order valence-corrected chi connectivity index (χ3v) is 2.40. The molecule has 1 aromatic heterocycles. The molecule has 100 valence electrons. The Hall–Kier alpha value is -1.85. The van der Waals surface area contributed by atoms with Crippen molar-refractivity contribution in [2.75, 3.05) is 23.3 Å². The minimum absolute atomic E-state index is 0.0907. The predicted molar refractivity (Wildman–Crippen MR) is 72.9 cm³/mol. The van der Waals surface area contributed by atoms with Crippen molar-refractivity contribution in [3.05, 3.63) is 12.1 Å². The van der Waals surface area contributed by atoms with Crippen molar-refractivity contribution in [3.8, 4) is 0 Å². The molecule has 6 nitrogen and oxygen atoms in total. The van der Waals surface area contributed by atoms with Crippen LogP contribution in [-0.2, 0) is 0 Å². The molecule has 0 aliphatic rings. The molecular formula is C12H21N5O. The van der Waals surface area contributed by atoms with Crippen LogP contribution in [0.4, 0.5) is 16.4 Å². The Balaban J connectivity index is 2.62. The lowest BCUT2D eigenvalue weighted by molar-refractivity contribution is 0.250. The van der Waals surface area contributed by atoms with Crippen LogP contribution in [0.1, 0.15) is 27.7 Å². The number of nitrogens with one attached hydrogen (secondary N) is 2. The van der Waals surface area contributed by atoms with Gasteiger partial charge >= 0.3 is 6.03 Å². The molecule has 0 bridgehead atoms. The number of urea groups is 1. The van der Waals surface area contributed by atoms with Gasteiger partial charge in [-0.1, -0.05) is 0 Å². The standard InChI is InChI=1S/C12H21N5O/c1-5-17(6-2)11-8-7-10(15-16-11)14-12(18)13-9(3)4/h7-9H,5-6H2,1-4H3,(H2,13,14,15,18). The van der Waals surface area contributed by atoms with Gasteiger partial charge in [0.25, 0.3) is 0 Å². The number of anilines is 2. The van der Waals surface area contributed by atoms with E-state index in [4.69, 9.17) is 0 Å². The van der Waals surface area contributed by atoms with Crippen LogP contribution in [0.3, 0.4) is 0 Å². The third kappa shape index (κ3) is 4.20. The van der Waals surface area contributed by atoms with E-state index < -0.39 is 0 Å². The summed E-state index contributed by atoms with van der Waals surface area (Å²) in [6.45, 7) is 9.68. The highest BCUT2D eigenvalue weighted by Crippen LogP contribution is 2.10. The van der Waals surface area contributed by atoms with Crippen molar-refractivity contribution in [1.82, 2.24) is 15.5 Å². The third-order valence-electron chi connectivity index (χ3n) is 2.40. The maximum atomic E-state index is 11.5. The second kappa shape index (κ2) is 6.78. The van der Waals surface area contributed by atoms with E-state index in [0.29, 0.717) is 5.82 Å². The zero-order valence-corrected chi connectivity index (χ0v) is 11.4. The van der Waals surface area contributed by atoms with Crippen molar-refractivity contribution in [2.45, 2.75) is 33.7 Å². The van der Waals surface area contributed by atoms with Gasteiger partial charge in [-0.2, -0.15) is 0 Å². The number of nitrogens with zero attached hydrogens (tertiary/aromatic N) is 3. The lowest BCUT2D eigenvalue weighted by Crippen LogP contribution is -2.34. The van der Waals surface area contributed by atoms with Gasteiger partial charge in [0, 0.05) is 19.1 Å². The highest BCUT2D eigenvalue weighted by Gasteiger charge is 2.07. The molecule has 0 aromatic carbocycles. The van der Waals surface area contributed by atoms with Crippen molar-refractivity contribution >= 4 is 17.7 Å². The summed E-state index contributed by atoms with van der Waals surface area (Å²) >= 11 is 0. The van der Waals surface area contributed by atoms with Gasteiger partial charge in [0.1, 0.15) is 0 Å². The molecule has 18 heavy (non-hydrogen) atoms. The second-order valence-corrected chi connectivity index (χ2v) is 4.20. The zero-order chi connectivity index (χ0) is 13.5. The normalized spacial score (nSPS) is 10.3. The van der Waals surface area contributed by atoms with Gasteiger partial charge in [-0.3, -0.25) is 5.32 Å². The van der Waals surface area contributed by atoms with Crippen molar-refractivity contribution in [1.29, 1.82) is 0 Å². The van der Waals surface area contributed by atoms with E-state index in [2.05, 4.69) is 39.6 Å². The van der Waals surface area contributed by atoms with Gasteiger partial charge in [0.05, 0.1) is 0 Å². The van der Waals surface area contributed by atoms with E-state index >= 15 is 0 Å². The van der Waals surface area contributed by atoms with Crippen LogP contribution >= 0.6 is 0 Å². The fraction of sp³-hybridized carbons (Fsp3) is 0.583. The minimum atomic E-state index is -0.269. The summed E-state index contributed by atoms with van der Waals surface area (Å²) in [4.78, 5) is 13.5. The van der Waals surface area contributed by atoms with Crippen LogP contribution in [0.5, 0.6) is 0 Å². The summed E-state index contributed by atoms with van der Waals surface area (Å²) in [7, 11) is 0. The van der Waals surface area contributed by atoms with E-state index in [1.165, 1.54) is 0 Å². The van der Waals surface area contributed by atoms with Gasteiger partial charge in [-0.05, 0) is 39.8 Å². The molecule has 1 aromatic rings. The summed E-state index contributed by atoms with van der Waals surface area (Å²) in [6.07, 6.45) is 0. The molecule has 6 heteroatoms. The van der Waals surface area contributed by atoms with Gasteiger partial charge in [0.15, 0.2) is 11.6 Å². The number of amides is 2. The Bertz CT molecular complexity index is 373. The molecule has 2 amide bonds. The Labute approximate surface area is 108 Å². The Morgan fingerprint density at radius 3 is 2.39 bits per heavy atom. The molecule has 1 rings (SSSR count). The number of hydrogen-bond donors (Lipinski definition) is 2. The first-order chi connectivity index (χ1) is 8.56. The average Bonchev–Trinajstić information content (AvgIpc) is 2.31. The van der Waals surface area contributed by atoms with E-state index in [1.807, 2.05) is 19.9 Å². The predicted octanol–water partition coefficient (Wildman–Crippen LogP) is 1.85. The number of carbonyl (C=O) groups excluding carboxylic acids is 1. The topological polar surface area (TPSA) is 70.2 Å². The first-order valence-electron chi connectivity index (χ1n) is 6.23. The molecule has 0 radical (unpaired) electrons. The van der Waals surface area contributed by atoms with Crippen LogP contribution in [0.2, 0.25) is 0 Å². The molecule has 2 N–H and O–H groups in total. The quantitative estimate of drug-likeness (QED) is 0.838. The number of carbonyl (C=O) groups is 1. The monoisotopic (exact) mass is 251 g/mol. The average molecular weight is 251 g/mol. The molecule has 0 fully saturated rings. The van der Waals surface area contributed by atoms with Crippen LogP contribution < -0.4 is 15.5 Å².